The number of aliphatic hydroxyl groups excluding tert-OH is 1. The molecule has 5 heteroatoms. The summed E-state index contributed by atoms with van der Waals surface area (Å²) in [6, 6.07) is 17.2. The number of rotatable bonds is 6. The van der Waals surface area contributed by atoms with Crippen LogP contribution < -0.4 is 10.6 Å². The average Bonchev–Trinajstić information content (AvgIpc) is 3.02. The van der Waals surface area contributed by atoms with Crippen LogP contribution in [0.15, 0.2) is 54.6 Å². The van der Waals surface area contributed by atoms with Crippen LogP contribution in [0.25, 0.3) is 0 Å². The Bertz CT molecular complexity index is 673. The normalized spacial score (nSPS) is 19.6. The van der Waals surface area contributed by atoms with Gasteiger partial charge in [-0.3, -0.25) is 0 Å². The van der Waals surface area contributed by atoms with Crippen molar-refractivity contribution in [3.63, 3.8) is 0 Å². The molecule has 132 valence electrons. The van der Waals surface area contributed by atoms with Crippen molar-refractivity contribution in [2.24, 2.45) is 0 Å². The van der Waals surface area contributed by atoms with Gasteiger partial charge in [-0.25, -0.2) is 4.79 Å². The largest absolute Gasteiger partial charge is 0.391 e. The number of nitrogens with one attached hydrogen (secondary N) is 2. The first-order chi connectivity index (χ1) is 12.2. The summed E-state index contributed by atoms with van der Waals surface area (Å²) in [6.45, 7) is 1.10. The molecule has 3 N–H and O–H groups in total. The number of carbonyl (C=O) groups excluding carboxylic acids is 1. The molecule has 0 bridgehead atoms. The zero-order valence-electron chi connectivity index (χ0n) is 14.2. The Morgan fingerprint density at radius 3 is 2.32 bits per heavy atom. The number of hydrogen-bond acceptors (Lipinski definition) is 3. The Balaban J connectivity index is 1.43. The lowest BCUT2D eigenvalue weighted by Gasteiger charge is -2.17. The minimum atomic E-state index is -0.435. The molecule has 0 saturated heterocycles. The van der Waals surface area contributed by atoms with Crippen LogP contribution in [0.2, 0.25) is 0 Å². The number of amides is 2. The molecule has 1 saturated carbocycles. The third-order valence-corrected chi connectivity index (χ3v) is 4.39. The maximum absolute atomic E-state index is 12.0. The number of benzene rings is 2. The van der Waals surface area contributed by atoms with Crippen molar-refractivity contribution in [3.05, 3.63) is 65.7 Å². The molecule has 2 aromatic carbocycles. The van der Waals surface area contributed by atoms with Crippen LogP contribution in [0.1, 0.15) is 30.4 Å². The van der Waals surface area contributed by atoms with Crippen molar-refractivity contribution in [2.75, 3.05) is 5.32 Å². The number of anilines is 1. The third-order valence-electron chi connectivity index (χ3n) is 4.39. The van der Waals surface area contributed by atoms with Gasteiger partial charge in [0.1, 0.15) is 0 Å². The van der Waals surface area contributed by atoms with Crippen LogP contribution in [0.4, 0.5) is 10.5 Å². The Morgan fingerprint density at radius 2 is 1.68 bits per heavy atom. The van der Waals surface area contributed by atoms with Crippen LogP contribution >= 0.6 is 0 Å². The summed E-state index contributed by atoms with van der Waals surface area (Å²) >= 11 is 0. The molecule has 0 aliphatic heterocycles. The highest BCUT2D eigenvalue weighted by Gasteiger charge is 2.26. The monoisotopic (exact) mass is 340 g/mol. The van der Waals surface area contributed by atoms with Gasteiger partial charge in [0.25, 0.3) is 0 Å². The minimum absolute atomic E-state index is 0.148. The van der Waals surface area contributed by atoms with E-state index in [0.717, 1.165) is 36.1 Å². The van der Waals surface area contributed by atoms with E-state index in [1.165, 1.54) is 0 Å². The molecule has 0 heterocycles. The topological polar surface area (TPSA) is 70.6 Å². The summed E-state index contributed by atoms with van der Waals surface area (Å²) in [5.41, 5.74) is 2.91. The van der Waals surface area contributed by atoms with Crippen molar-refractivity contribution in [1.29, 1.82) is 0 Å². The predicted molar refractivity (Wildman–Crippen MR) is 97.2 cm³/mol. The highest BCUT2D eigenvalue weighted by molar-refractivity contribution is 5.89. The second kappa shape index (κ2) is 8.65. The van der Waals surface area contributed by atoms with E-state index in [2.05, 4.69) is 10.6 Å². The highest BCUT2D eigenvalue weighted by atomic mass is 16.5. The van der Waals surface area contributed by atoms with E-state index >= 15 is 0 Å². The first-order valence-electron chi connectivity index (χ1n) is 8.67. The number of hydrogen-bond donors (Lipinski definition) is 3. The van der Waals surface area contributed by atoms with Crippen LogP contribution in [-0.2, 0) is 18.0 Å². The third kappa shape index (κ3) is 5.31. The molecular formula is C20H24N2O3. The lowest BCUT2D eigenvalue weighted by Crippen LogP contribution is -2.42. The lowest BCUT2D eigenvalue weighted by atomic mass is 10.2. The molecule has 5 nitrogen and oxygen atoms in total. The van der Waals surface area contributed by atoms with E-state index < -0.39 is 6.10 Å². The second-order valence-electron chi connectivity index (χ2n) is 6.38. The van der Waals surface area contributed by atoms with E-state index in [0.29, 0.717) is 13.2 Å². The zero-order valence-corrected chi connectivity index (χ0v) is 14.2. The summed E-state index contributed by atoms with van der Waals surface area (Å²) in [5, 5.41) is 15.4. The fourth-order valence-electron chi connectivity index (χ4n) is 2.99. The van der Waals surface area contributed by atoms with Crippen LogP contribution in [0.5, 0.6) is 0 Å². The first-order valence-corrected chi connectivity index (χ1v) is 8.67. The first kappa shape index (κ1) is 17.5. The minimum Gasteiger partial charge on any atom is -0.391 e. The van der Waals surface area contributed by atoms with E-state index in [1.54, 1.807) is 0 Å². The van der Waals surface area contributed by atoms with Crippen molar-refractivity contribution < 1.29 is 14.6 Å². The fraction of sp³-hybridized carbons (Fsp3) is 0.350. The summed E-state index contributed by atoms with van der Waals surface area (Å²) in [6.07, 6.45) is 2.09. The number of carbonyl (C=O) groups is 1. The molecule has 0 radical (unpaired) electrons. The molecule has 2 unspecified atom stereocenters. The number of urea groups is 1. The molecule has 1 fully saturated rings. The van der Waals surface area contributed by atoms with Crippen molar-refractivity contribution in [3.8, 4) is 0 Å². The molecule has 25 heavy (non-hydrogen) atoms. The Labute approximate surface area is 148 Å². The average molecular weight is 340 g/mol. The van der Waals surface area contributed by atoms with Gasteiger partial charge in [-0.1, -0.05) is 42.5 Å². The molecule has 2 aromatic rings. The Morgan fingerprint density at radius 1 is 1.00 bits per heavy atom. The van der Waals surface area contributed by atoms with Crippen molar-refractivity contribution in [2.45, 2.75) is 44.6 Å². The predicted octanol–water partition coefficient (Wildman–Crippen LogP) is 3.44. The summed E-state index contributed by atoms with van der Waals surface area (Å²) in [7, 11) is 0. The van der Waals surface area contributed by atoms with Crippen LogP contribution in [0.3, 0.4) is 0 Å². The van der Waals surface area contributed by atoms with E-state index in [9.17, 15) is 9.90 Å². The van der Waals surface area contributed by atoms with Gasteiger partial charge >= 0.3 is 6.03 Å². The maximum Gasteiger partial charge on any atom is 0.319 e. The van der Waals surface area contributed by atoms with Gasteiger partial charge in [-0.05, 0) is 42.5 Å². The molecule has 0 aromatic heterocycles. The van der Waals surface area contributed by atoms with Gasteiger partial charge in [0.2, 0.25) is 0 Å². The molecule has 2 amide bonds. The standard InChI is InChI=1S/C20H24N2O3/c23-19-8-4-7-18(19)22-20(24)21-17-11-9-16(10-12-17)14-25-13-15-5-2-1-3-6-15/h1-3,5-6,9-12,18-19,23H,4,7-8,13-14H2,(H2,21,22,24). The fourth-order valence-corrected chi connectivity index (χ4v) is 2.99. The van der Waals surface area contributed by atoms with E-state index in [4.69, 9.17) is 4.74 Å². The van der Waals surface area contributed by atoms with Gasteiger partial charge in [0.15, 0.2) is 0 Å². The Hall–Kier alpha value is -2.37. The number of aliphatic hydroxyl groups is 1. The number of ether oxygens (including phenoxy) is 1. The smallest absolute Gasteiger partial charge is 0.319 e. The van der Waals surface area contributed by atoms with Gasteiger partial charge in [-0.15, -0.1) is 0 Å². The lowest BCUT2D eigenvalue weighted by molar-refractivity contribution is 0.107. The van der Waals surface area contributed by atoms with E-state index in [1.807, 2.05) is 54.6 Å². The Kier molecular flexibility index (Phi) is 6.04. The second-order valence-corrected chi connectivity index (χ2v) is 6.38. The summed E-state index contributed by atoms with van der Waals surface area (Å²) in [4.78, 5) is 12.0. The molecule has 3 rings (SSSR count). The van der Waals surface area contributed by atoms with Gasteiger partial charge in [-0.2, -0.15) is 0 Å². The maximum atomic E-state index is 12.0. The van der Waals surface area contributed by atoms with Crippen LogP contribution in [0, 0.1) is 0 Å². The summed E-state index contributed by atoms with van der Waals surface area (Å²) in [5.74, 6) is 0. The molecule has 1 aliphatic carbocycles. The molecular weight excluding hydrogens is 316 g/mol. The van der Waals surface area contributed by atoms with Crippen molar-refractivity contribution >= 4 is 11.7 Å². The van der Waals surface area contributed by atoms with Gasteiger partial charge < -0.3 is 20.5 Å². The SMILES string of the molecule is O=C(Nc1ccc(COCc2ccccc2)cc1)NC1CCCC1O. The van der Waals surface area contributed by atoms with Gasteiger partial charge in [0, 0.05) is 5.69 Å². The quantitative estimate of drug-likeness (QED) is 0.754. The van der Waals surface area contributed by atoms with Crippen LogP contribution in [-0.4, -0.2) is 23.3 Å². The molecule has 1 aliphatic rings. The van der Waals surface area contributed by atoms with Crippen molar-refractivity contribution in [1.82, 2.24) is 5.32 Å². The molecule has 0 spiro atoms. The molecule has 2 atom stereocenters. The van der Waals surface area contributed by atoms with E-state index in [-0.39, 0.29) is 12.1 Å². The summed E-state index contributed by atoms with van der Waals surface area (Å²) < 4.78 is 5.70. The van der Waals surface area contributed by atoms with Gasteiger partial charge in [0.05, 0.1) is 25.4 Å². The highest BCUT2D eigenvalue weighted by Crippen LogP contribution is 2.19. The zero-order chi connectivity index (χ0) is 17.5.